The number of fused-ring (bicyclic) bond motifs is 1. The van der Waals surface area contributed by atoms with E-state index in [2.05, 4.69) is 10.9 Å². The monoisotopic (exact) mass is 187 g/mol. The van der Waals surface area contributed by atoms with E-state index in [1.165, 1.54) is 0 Å². The lowest BCUT2D eigenvalue weighted by Gasteiger charge is -1.97. The standard InChI is InChI=1S/C11H6ClN/c1-2-10-5-3-8-7-9(12)4-6-11(8)13-10/h1,3-7H. The molecule has 0 aliphatic heterocycles. The van der Waals surface area contributed by atoms with Gasteiger partial charge in [-0.3, -0.25) is 0 Å². The summed E-state index contributed by atoms with van der Waals surface area (Å²) in [4.78, 5) is 4.24. The van der Waals surface area contributed by atoms with Gasteiger partial charge in [-0.2, -0.15) is 0 Å². The van der Waals surface area contributed by atoms with Crippen LogP contribution in [0.2, 0.25) is 5.02 Å². The number of nitrogens with zero attached hydrogens (tertiary/aromatic N) is 1. The lowest BCUT2D eigenvalue weighted by molar-refractivity contribution is 1.36. The molecule has 62 valence electrons. The zero-order valence-electron chi connectivity index (χ0n) is 6.79. The van der Waals surface area contributed by atoms with Crippen molar-refractivity contribution < 1.29 is 0 Å². The minimum absolute atomic E-state index is 0.648. The molecule has 1 aromatic carbocycles. The fourth-order valence-electron chi connectivity index (χ4n) is 1.18. The highest BCUT2D eigenvalue weighted by atomic mass is 35.5. The maximum Gasteiger partial charge on any atom is 0.113 e. The van der Waals surface area contributed by atoms with Crippen molar-refractivity contribution >= 4 is 22.5 Å². The average molecular weight is 188 g/mol. The summed E-state index contributed by atoms with van der Waals surface area (Å²) >= 11 is 5.82. The van der Waals surface area contributed by atoms with Gasteiger partial charge in [-0.15, -0.1) is 6.42 Å². The van der Waals surface area contributed by atoms with Crippen LogP contribution in [-0.2, 0) is 0 Å². The second-order valence-electron chi connectivity index (χ2n) is 2.68. The Labute approximate surface area is 81.4 Å². The molecule has 0 radical (unpaired) electrons. The Bertz CT molecular complexity index is 497. The number of hydrogen-bond donors (Lipinski definition) is 0. The largest absolute Gasteiger partial charge is 0.239 e. The van der Waals surface area contributed by atoms with Gasteiger partial charge in [0, 0.05) is 10.4 Å². The van der Waals surface area contributed by atoms with Gasteiger partial charge in [-0.25, -0.2) is 4.98 Å². The third-order valence-electron chi connectivity index (χ3n) is 1.80. The van der Waals surface area contributed by atoms with Crippen molar-refractivity contribution in [1.82, 2.24) is 4.98 Å². The van der Waals surface area contributed by atoms with E-state index in [1.54, 1.807) is 12.1 Å². The first-order valence-corrected chi connectivity index (χ1v) is 4.20. The molecule has 2 heteroatoms. The first-order valence-electron chi connectivity index (χ1n) is 3.82. The molecule has 0 amide bonds. The maximum absolute atomic E-state index is 5.82. The zero-order chi connectivity index (χ0) is 9.26. The number of aromatic nitrogens is 1. The van der Waals surface area contributed by atoms with E-state index in [0.29, 0.717) is 10.7 Å². The summed E-state index contributed by atoms with van der Waals surface area (Å²) in [6, 6.07) is 9.25. The van der Waals surface area contributed by atoms with Crippen molar-refractivity contribution in [3.8, 4) is 12.3 Å². The van der Waals surface area contributed by atoms with Gasteiger partial charge in [0.15, 0.2) is 0 Å². The quantitative estimate of drug-likeness (QED) is 0.578. The number of pyridine rings is 1. The first-order chi connectivity index (χ1) is 6.29. The molecule has 1 heterocycles. The van der Waals surface area contributed by atoms with Gasteiger partial charge in [-0.1, -0.05) is 17.5 Å². The SMILES string of the molecule is C#Cc1ccc2cc(Cl)ccc2n1. The van der Waals surface area contributed by atoms with Crippen molar-refractivity contribution in [2.75, 3.05) is 0 Å². The van der Waals surface area contributed by atoms with E-state index >= 15 is 0 Å². The fourth-order valence-corrected chi connectivity index (χ4v) is 1.36. The zero-order valence-corrected chi connectivity index (χ0v) is 7.55. The summed E-state index contributed by atoms with van der Waals surface area (Å²) in [5, 5.41) is 1.72. The third kappa shape index (κ3) is 1.49. The summed E-state index contributed by atoms with van der Waals surface area (Å²) in [5.41, 5.74) is 1.52. The number of rotatable bonds is 0. The molecule has 0 unspecified atom stereocenters. The van der Waals surface area contributed by atoms with Crippen molar-refractivity contribution in [3.63, 3.8) is 0 Å². The van der Waals surface area contributed by atoms with Crippen LogP contribution in [0.25, 0.3) is 10.9 Å². The average Bonchev–Trinajstić information content (AvgIpc) is 2.17. The first kappa shape index (κ1) is 8.10. The van der Waals surface area contributed by atoms with Gasteiger partial charge >= 0.3 is 0 Å². The molecule has 13 heavy (non-hydrogen) atoms. The predicted molar refractivity (Wildman–Crippen MR) is 54.7 cm³/mol. The van der Waals surface area contributed by atoms with Gasteiger partial charge < -0.3 is 0 Å². The van der Waals surface area contributed by atoms with Crippen molar-refractivity contribution in [3.05, 3.63) is 41.0 Å². The molecular weight excluding hydrogens is 182 g/mol. The topological polar surface area (TPSA) is 12.9 Å². The summed E-state index contributed by atoms with van der Waals surface area (Å²) in [7, 11) is 0. The highest BCUT2D eigenvalue weighted by molar-refractivity contribution is 6.31. The number of terminal acetylenes is 1. The van der Waals surface area contributed by atoms with Crippen LogP contribution in [-0.4, -0.2) is 4.98 Å². The highest BCUT2D eigenvalue weighted by Crippen LogP contribution is 2.17. The second kappa shape index (κ2) is 3.08. The number of hydrogen-bond acceptors (Lipinski definition) is 1. The van der Waals surface area contributed by atoms with Crippen LogP contribution in [0.4, 0.5) is 0 Å². The van der Waals surface area contributed by atoms with Gasteiger partial charge in [-0.05, 0) is 30.3 Å². The Hall–Kier alpha value is -1.52. The molecule has 0 atom stereocenters. The molecule has 2 aromatic rings. The van der Waals surface area contributed by atoms with Crippen molar-refractivity contribution in [2.24, 2.45) is 0 Å². The molecule has 0 saturated heterocycles. The summed E-state index contributed by atoms with van der Waals surface area (Å²) < 4.78 is 0. The van der Waals surface area contributed by atoms with Crippen LogP contribution < -0.4 is 0 Å². The molecule has 0 spiro atoms. The highest BCUT2D eigenvalue weighted by Gasteiger charge is 1.96. The van der Waals surface area contributed by atoms with E-state index in [4.69, 9.17) is 18.0 Å². The minimum atomic E-state index is 0.648. The molecular formula is C11H6ClN. The molecule has 0 aliphatic carbocycles. The second-order valence-corrected chi connectivity index (χ2v) is 3.11. The molecule has 0 aliphatic rings. The third-order valence-corrected chi connectivity index (χ3v) is 2.03. The van der Waals surface area contributed by atoms with E-state index in [1.807, 2.05) is 18.2 Å². The molecule has 0 N–H and O–H groups in total. The van der Waals surface area contributed by atoms with E-state index in [-0.39, 0.29) is 0 Å². The summed E-state index contributed by atoms with van der Waals surface area (Å²) in [6.07, 6.45) is 5.23. The molecule has 2 rings (SSSR count). The minimum Gasteiger partial charge on any atom is -0.239 e. The smallest absolute Gasteiger partial charge is 0.113 e. The summed E-state index contributed by atoms with van der Waals surface area (Å²) in [6.45, 7) is 0. The van der Waals surface area contributed by atoms with Crippen molar-refractivity contribution in [1.29, 1.82) is 0 Å². The normalized spacial score (nSPS) is 9.85. The van der Waals surface area contributed by atoms with E-state index in [9.17, 15) is 0 Å². The van der Waals surface area contributed by atoms with Crippen LogP contribution in [0.5, 0.6) is 0 Å². The van der Waals surface area contributed by atoms with Crippen LogP contribution >= 0.6 is 11.6 Å². The molecule has 1 aromatic heterocycles. The molecule has 0 bridgehead atoms. The Morgan fingerprint density at radius 2 is 2.08 bits per heavy atom. The van der Waals surface area contributed by atoms with Crippen LogP contribution in [0.15, 0.2) is 30.3 Å². The Kier molecular flexibility index (Phi) is 1.92. The Morgan fingerprint density at radius 1 is 1.23 bits per heavy atom. The Morgan fingerprint density at radius 3 is 2.85 bits per heavy atom. The van der Waals surface area contributed by atoms with Gasteiger partial charge in [0.05, 0.1) is 5.52 Å². The Balaban J connectivity index is 2.75. The van der Waals surface area contributed by atoms with Crippen LogP contribution in [0.3, 0.4) is 0 Å². The lowest BCUT2D eigenvalue weighted by atomic mass is 10.2. The van der Waals surface area contributed by atoms with Gasteiger partial charge in [0.2, 0.25) is 0 Å². The van der Waals surface area contributed by atoms with Crippen LogP contribution in [0, 0.1) is 12.3 Å². The molecule has 0 fully saturated rings. The molecule has 1 nitrogen and oxygen atoms in total. The van der Waals surface area contributed by atoms with Crippen LogP contribution in [0.1, 0.15) is 5.69 Å². The van der Waals surface area contributed by atoms with Gasteiger partial charge in [0.1, 0.15) is 5.69 Å². The maximum atomic E-state index is 5.82. The lowest BCUT2D eigenvalue weighted by Crippen LogP contribution is -1.83. The number of benzene rings is 1. The van der Waals surface area contributed by atoms with E-state index in [0.717, 1.165) is 10.9 Å². The van der Waals surface area contributed by atoms with Gasteiger partial charge in [0.25, 0.3) is 0 Å². The number of halogens is 1. The van der Waals surface area contributed by atoms with Crippen molar-refractivity contribution in [2.45, 2.75) is 0 Å². The summed E-state index contributed by atoms with van der Waals surface area (Å²) in [5.74, 6) is 2.49. The predicted octanol–water partition coefficient (Wildman–Crippen LogP) is 2.87. The molecule has 0 saturated carbocycles. The van der Waals surface area contributed by atoms with E-state index < -0.39 is 0 Å². The fraction of sp³-hybridized carbons (Fsp3) is 0.